The van der Waals surface area contributed by atoms with E-state index in [1.807, 2.05) is 48.6 Å². The molecule has 0 amide bonds. The van der Waals surface area contributed by atoms with Crippen molar-refractivity contribution in [2.45, 2.75) is 59.5 Å². The highest BCUT2D eigenvalue weighted by Gasteiger charge is 2.55. The Labute approximate surface area is 198 Å². The van der Waals surface area contributed by atoms with E-state index in [9.17, 15) is 19.2 Å². The van der Waals surface area contributed by atoms with Gasteiger partial charge in [-0.1, -0.05) is 61.5 Å². The molecule has 0 radical (unpaired) electrons. The number of Topliss-reactive ketones (excluding diaryl/α,β-unsaturated/α-hetero) is 2. The number of hydrogen-bond donors (Lipinski definition) is 0. The molecule has 4 heteroatoms. The van der Waals surface area contributed by atoms with Crippen LogP contribution in [0.1, 0.15) is 70.4 Å². The minimum Gasteiger partial charge on any atom is -0.300 e. The van der Waals surface area contributed by atoms with Gasteiger partial charge in [-0.2, -0.15) is 5.26 Å². The van der Waals surface area contributed by atoms with Gasteiger partial charge in [0.25, 0.3) is 0 Å². The standard InChI is InChI=1S/C25H22FNO.C3H6O.CH4.H2/c1-17(28)22-12-11-20(23-10-3-2-6-21(23)16-27)14-19(22)8-4-7-18-9-5-13-25(26)15-24(18)25;1-3(2)4;;/h2-3,5-6,9-14,24H,4,7-8,15H2,1H3;1-2H3;1H4;1H. The Morgan fingerprint density at radius 1 is 1.15 bits per heavy atom. The molecule has 0 saturated heterocycles. The van der Waals surface area contributed by atoms with Crippen molar-refractivity contribution in [3.05, 3.63) is 83.0 Å². The molecule has 0 spiro atoms. The molecule has 0 heterocycles. The Morgan fingerprint density at radius 2 is 1.85 bits per heavy atom. The minimum absolute atomic E-state index is 0. The highest BCUT2D eigenvalue weighted by molar-refractivity contribution is 5.96. The number of alkyl halides is 1. The Kier molecular flexibility index (Phi) is 8.65. The van der Waals surface area contributed by atoms with E-state index in [1.54, 1.807) is 19.1 Å². The summed E-state index contributed by atoms with van der Waals surface area (Å²) in [6.07, 6.45) is 8.62. The summed E-state index contributed by atoms with van der Waals surface area (Å²) in [5.74, 6) is 0.263. The molecule has 33 heavy (non-hydrogen) atoms. The number of carbonyl (C=O) groups excluding carboxylic acids is 2. The zero-order valence-corrected chi connectivity index (χ0v) is 18.8. The van der Waals surface area contributed by atoms with Crippen LogP contribution >= 0.6 is 0 Å². The number of nitriles is 1. The number of halogens is 1. The minimum atomic E-state index is -1.10. The lowest BCUT2D eigenvalue weighted by molar-refractivity contribution is -0.115. The summed E-state index contributed by atoms with van der Waals surface area (Å²) in [6, 6.07) is 15.5. The fourth-order valence-electron chi connectivity index (χ4n) is 4.21. The third-order valence-electron chi connectivity index (χ3n) is 5.82. The fraction of sp³-hybridized carbons (Fsp3) is 0.345. The van der Waals surface area contributed by atoms with Crippen LogP contribution in [0, 0.1) is 17.2 Å². The van der Waals surface area contributed by atoms with Crippen LogP contribution in [0.2, 0.25) is 0 Å². The average molecular weight is 448 g/mol. The molecule has 0 N–H and O–H groups in total. The van der Waals surface area contributed by atoms with Gasteiger partial charge in [-0.15, -0.1) is 0 Å². The van der Waals surface area contributed by atoms with E-state index >= 15 is 0 Å². The normalized spacial score (nSPS) is 19.6. The summed E-state index contributed by atoms with van der Waals surface area (Å²) in [5.41, 5.74) is 4.24. The van der Waals surface area contributed by atoms with E-state index in [1.165, 1.54) is 19.4 Å². The van der Waals surface area contributed by atoms with Gasteiger partial charge in [0.1, 0.15) is 11.5 Å². The smallest absolute Gasteiger partial charge is 0.160 e. The maximum atomic E-state index is 14.2. The van der Waals surface area contributed by atoms with E-state index in [0.29, 0.717) is 12.0 Å². The highest BCUT2D eigenvalue weighted by Crippen LogP contribution is 2.55. The van der Waals surface area contributed by atoms with E-state index in [2.05, 4.69) is 6.07 Å². The largest absolute Gasteiger partial charge is 0.300 e. The summed E-state index contributed by atoms with van der Waals surface area (Å²) in [4.78, 5) is 21.5. The monoisotopic (exact) mass is 447 g/mol. The van der Waals surface area contributed by atoms with Crippen LogP contribution in [-0.4, -0.2) is 17.2 Å². The van der Waals surface area contributed by atoms with Crippen molar-refractivity contribution in [1.82, 2.24) is 0 Å². The lowest BCUT2D eigenvalue weighted by Gasteiger charge is -2.14. The highest BCUT2D eigenvalue weighted by atomic mass is 19.1. The zero-order valence-electron chi connectivity index (χ0n) is 18.8. The third-order valence-corrected chi connectivity index (χ3v) is 5.82. The van der Waals surface area contributed by atoms with E-state index in [-0.39, 0.29) is 26.3 Å². The molecule has 0 aliphatic heterocycles. The lowest BCUT2D eigenvalue weighted by Crippen LogP contribution is -2.06. The van der Waals surface area contributed by atoms with Gasteiger partial charge in [-0.05, 0) is 75.3 Å². The van der Waals surface area contributed by atoms with Crippen LogP contribution < -0.4 is 0 Å². The molecule has 2 aromatic carbocycles. The number of ketones is 2. The molecule has 1 saturated carbocycles. The Hall–Kier alpha value is -3.32. The predicted molar refractivity (Wildman–Crippen MR) is 134 cm³/mol. The number of aryl methyl sites for hydroxylation is 1. The molecular formula is C29H34FNO2. The second kappa shape index (κ2) is 11.0. The second-order valence-corrected chi connectivity index (χ2v) is 8.63. The van der Waals surface area contributed by atoms with Crippen molar-refractivity contribution >= 4 is 11.6 Å². The number of allylic oxidation sites excluding steroid dienone is 4. The first-order valence-corrected chi connectivity index (χ1v) is 10.9. The SMILES string of the molecule is C.CC(=O)c1ccc(-c2ccccc2C#N)cc1CCCC1=CC=CC2(F)CC12.CC(C)=O.[HH]. The van der Waals surface area contributed by atoms with Crippen LogP contribution in [0.4, 0.5) is 4.39 Å². The molecule has 2 aromatic rings. The molecule has 2 unspecified atom stereocenters. The molecule has 3 nitrogen and oxygen atoms in total. The van der Waals surface area contributed by atoms with Gasteiger partial charge in [0.15, 0.2) is 5.78 Å². The molecule has 174 valence electrons. The summed E-state index contributed by atoms with van der Waals surface area (Å²) < 4.78 is 14.2. The molecule has 0 aromatic heterocycles. The molecular weight excluding hydrogens is 413 g/mol. The molecule has 4 rings (SSSR count). The van der Waals surface area contributed by atoms with Crippen molar-refractivity contribution in [3.63, 3.8) is 0 Å². The lowest BCUT2D eigenvalue weighted by atomic mass is 9.91. The molecule has 2 aliphatic rings. The van der Waals surface area contributed by atoms with Gasteiger partial charge in [-0.25, -0.2) is 4.39 Å². The summed E-state index contributed by atoms with van der Waals surface area (Å²) in [7, 11) is 0. The number of nitrogens with zero attached hydrogens (tertiary/aromatic N) is 1. The van der Waals surface area contributed by atoms with Crippen LogP contribution in [0.3, 0.4) is 0 Å². The number of hydrogen-bond acceptors (Lipinski definition) is 3. The van der Waals surface area contributed by atoms with Crippen molar-refractivity contribution in [1.29, 1.82) is 5.26 Å². The fourth-order valence-corrected chi connectivity index (χ4v) is 4.21. The van der Waals surface area contributed by atoms with Crippen molar-refractivity contribution in [2.75, 3.05) is 0 Å². The first-order chi connectivity index (χ1) is 15.2. The maximum Gasteiger partial charge on any atom is 0.160 e. The van der Waals surface area contributed by atoms with Gasteiger partial charge in [0.2, 0.25) is 0 Å². The van der Waals surface area contributed by atoms with Crippen molar-refractivity contribution < 1.29 is 15.4 Å². The van der Waals surface area contributed by atoms with Crippen LogP contribution in [0.5, 0.6) is 0 Å². The number of benzene rings is 2. The Bertz CT molecular complexity index is 1140. The Balaban J connectivity index is 0.000000895. The van der Waals surface area contributed by atoms with Gasteiger partial charge < -0.3 is 4.79 Å². The first kappa shape index (κ1) is 25.9. The molecule has 1 fully saturated rings. The zero-order chi connectivity index (χ0) is 23.3. The van der Waals surface area contributed by atoms with Gasteiger partial charge >= 0.3 is 0 Å². The molecule has 0 bridgehead atoms. The van der Waals surface area contributed by atoms with Gasteiger partial charge in [-0.3, -0.25) is 4.79 Å². The van der Waals surface area contributed by atoms with Crippen molar-refractivity contribution in [2.24, 2.45) is 5.92 Å². The van der Waals surface area contributed by atoms with E-state index in [4.69, 9.17) is 0 Å². The van der Waals surface area contributed by atoms with E-state index < -0.39 is 5.67 Å². The topological polar surface area (TPSA) is 57.9 Å². The Morgan fingerprint density at radius 3 is 2.52 bits per heavy atom. The van der Waals surface area contributed by atoms with Crippen LogP contribution in [0.15, 0.2) is 66.3 Å². The third kappa shape index (κ3) is 6.35. The second-order valence-electron chi connectivity index (χ2n) is 8.63. The average Bonchev–Trinajstić information content (AvgIpc) is 3.45. The predicted octanol–water partition coefficient (Wildman–Crippen LogP) is 7.45. The van der Waals surface area contributed by atoms with Crippen LogP contribution in [0.25, 0.3) is 11.1 Å². The number of rotatable bonds is 6. The van der Waals surface area contributed by atoms with Crippen molar-refractivity contribution in [3.8, 4) is 17.2 Å². The van der Waals surface area contributed by atoms with E-state index in [0.717, 1.165) is 41.5 Å². The summed E-state index contributed by atoms with van der Waals surface area (Å²) in [6.45, 7) is 4.64. The number of fused-ring (bicyclic) bond motifs is 1. The van der Waals surface area contributed by atoms with Crippen LogP contribution in [-0.2, 0) is 11.2 Å². The van der Waals surface area contributed by atoms with Gasteiger partial charge in [0, 0.05) is 12.9 Å². The first-order valence-electron chi connectivity index (χ1n) is 10.9. The quantitative estimate of drug-likeness (QED) is 0.432. The summed E-state index contributed by atoms with van der Waals surface area (Å²) in [5, 5.41) is 9.38. The molecule has 2 aliphatic carbocycles. The van der Waals surface area contributed by atoms with Gasteiger partial charge in [0.05, 0.1) is 11.6 Å². The summed E-state index contributed by atoms with van der Waals surface area (Å²) >= 11 is 0. The number of carbonyl (C=O) groups is 2. The molecule has 2 atom stereocenters. The maximum absolute atomic E-state index is 14.2.